The van der Waals surface area contributed by atoms with Crippen LogP contribution in [0.5, 0.6) is 0 Å². The van der Waals surface area contributed by atoms with Gasteiger partial charge in [0.2, 0.25) is 10.1 Å². The molecule has 0 aliphatic rings. The minimum Gasteiger partial charge on any atom is -0.295 e. The Kier molecular flexibility index (Phi) is 3.85. The summed E-state index contributed by atoms with van der Waals surface area (Å²) in [6, 6.07) is 0. The summed E-state index contributed by atoms with van der Waals surface area (Å²) in [5.74, 6) is -0.652. The topological polar surface area (TPSA) is 85.6 Å². The van der Waals surface area contributed by atoms with Gasteiger partial charge in [0.1, 0.15) is 10.7 Å². The average molecular weight is 360 g/mol. The van der Waals surface area contributed by atoms with Crippen molar-refractivity contribution < 1.29 is 18.0 Å². The molecule has 0 bridgehead atoms. The molecule has 3 aromatic rings. The van der Waals surface area contributed by atoms with Gasteiger partial charge in [-0.15, -0.1) is 21.5 Å². The predicted molar refractivity (Wildman–Crippen MR) is 77.2 cm³/mol. The van der Waals surface area contributed by atoms with Crippen LogP contribution in [0.15, 0.2) is 17.8 Å². The maximum Gasteiger partial charge on any atom is 0.445 e. The maximum atomic E-state index is 12.4. The monoisotopic (exact) mass is 360 g/mol. The van der Waals surface area contributed by atoms with Crippen molar-refractivity contribution in [2.75, 3.05) is 5.32 Å². The largest absolute Gasteiger partial charge is 0.445 e. The van der Waals surface area contributed by atoms with Gasteiger partial charge in [0.25, 0.3) is 5.91 Å². The van der Waals surface area contributed by atoms with Gasteiger partial charge in [-0.05, 0) is 0 Å². The molecule has 1 amide bonds. The Labute approximate surface area is 134 Å². The summed E-state index contributed by atoms with van der Waals surface area (Å²) in [7, 11) is 1.75. The molecular formula is C11H7F3N6OS2. The van der Waals surface area contributed by atoms with E-state index in [1.165, 1.54) is 16.7 Å². The number of carbonyl (C=O) groups excluding carboxylic acids is 1. The van der Waals surface area contributed by atoms with Gasteiger partial charge in [0.05, 0.1) is 6.20 Å². The normalized spacial score (nSPS) is 11.7. The first-order valence-corrected chi connectivity index (χ1v) is 7.69. The number of alkyl halides is 3. The number of anilines is 1. The summed E-state index contributed by atoms with van der Waals surface area (Å²) in [4.78, 5) is 16.1. The quantitative estimate of drug-likeness (QED) is 0.776. The van der Waals surface area contributed by atoms with Gasteiger partial charge in [-0.2, -0.15) is 18.3 Å². The van der Waals surface area contributed by atoms with Crippen molar-refractivity contribution in [2.45, 2.75) is 6.18 Å². The Hall–Kier alpha value is -2.34. The lowest BCUT2D eigenvalue weighted by atomic mass is 10.4. The number of aryl methyl sites for hydroxylation is 1. The highest BCUT2D eigenvalue weighted by Crippen LogP contribution is 2.33. The second-order valence-corrected chi connectivity index (χ2v) is 6.14. The molecule has 120 valence electrons. The van der Waals surface area contributed by atoms with Gasteiger partial charge in [0.15, 0.2) is 0 Å². The standard InChI is InChI=1S/C11H7F3N6OS2/c1-20-3-5(2-15-20)8-16-6(4-22-8)7(21)17-10-19-18-9(23-10)11(12,13)14/h2-4H,1H3,(H,17,19,21). The zero-order valence-corrected chi connectivity index (χ0v) is 13.0. The minimum absolute atomic E-state index is 0.0811. The third kappa shape index (κ3) is 3.37. The summed E-state index contributed by atoms with van der Waals surface area (Å²) in [6.45, 7) is 0. The number of nitrogens with one attached hydrogen (secondary N) is 1. The fraction of sp³-hybridized carbons (Fsp3) is 0.182. The Morgan fingerprint density at radius 2 is 2.13 bits per heavy atom. The second-order valence-electron chi connectivity index (χ2n) is 4.30. The Balaban J connectivity index is 1.74. The van der Waals surface area contributed by atoms with E-state index in [1.54, 1.807) is 24.1 Å². The summed E-state index contributed by atoms with van der Waals surface area (Å²) < 4.78 is 38.9. The highest BCUT2D eigenvalue weighted by atomic mass is 32.1. The molecule has 0 atom stereocenters. The van der Waals surface area contributed by atoms with Crippen molar-refractivity contribution in [3.05, 3.63) is 28.5 Å². The molecule has 1 N–H and O–H groups in total. The summed E-state index contributed by atoms with van der Waals surface area (Å²) in [6.07, 6.45) is -1.25. The van der Waals surface area contributed by atoms with Crippen LogP contribution >= 0.6 is 22.7 Å². The third-order valence-electron chi connectivity index (χ3n) is 2.58. The molecule has 0 fully saturated rings. The van der Waals surface area contributed by atoms with Crippen LogP contribution in [0.2, 0.25) is 0 Å². The lowest BCUT2D eigenvalue weighted by Gasteiger charge is -1.98. The Bertz CT molecular complexity index is 852. The Morgan fingerprint density at radius 3 is 2.74 bits per heavy atom. The highest BCUT2D eigenvalue weighted by molar-refractivity contribution is 7.15. The summed E-state index contributed by atoms with van der Waals surface area (Å²) >= 11 is 1.48. The zero-order valence-electron chi connectivity index (χ0n) is 11.3. The number of hydrogen-bond acceptors (Lipinski definition) is 7. The first kappa shape index (κ1) is 15.6. The van der Waals surface area contributed by atoms with Crippen LogP contribution in [0.4, 0.5) is 18.3 Å². The van der Waals surface area contributed by atoms with E-state index in [0.29, 0.717) is 5.01 Å². The number of carbonyl (C=O) groups is 1. The number of thiazole rings is 1. The minimum atomic E-state index is -4.59. The molecule has 0 spiro atoms. The molecule has 0 saturated heterocycles. The number of rotatable bonds is 3. The van der Waals surface area contributed by atoms with Crippen molar-refractivity contribution in [1.82, 2.24) is 25.0 Å². The van der Waals surface area contributed by atoms with E-state index in [9.17, 15) is 18.0 Å². The van der Waals surface area contributed by atoms with E-state index in [1.807, 2.05) is 0 Å². The van der Waals surface area contributed by atoms with E-state index in [2.05, 4.69) is 25.6 Å². The lowest BCUT2D eigenvalue weighted by Crippen LogP contribution is -2.12. The van der Waals surface area contributed by atoms with E-state index in [4.69, 9.17) is 0 Å². The van der Waals surface area contributed by atoms with Crippen molar-refractivity contribution >= 4 is 33.7 Å². The Morgan fingerprint density at radius 1 is 1.35 bits per heavy atom. The number of aromatic nitrogens is 5. The molecule has 0 aliphatic carbocycles. The van der Waals surface area contributed by atoms with Gasteiger partial charge in [-0.25, -0.2) is 4.98 Å². The molecule has 23 heavy (non-hydrogen) atoms. The van der Waals surface area contributed by atoms with Crippen molar-refractivity contribution in [2.24, 2.45) is 7.05 Å². The molecule has 3 rings (SSSR count). The lowest BCUT2D eigenvalue weighted by molar-refractivity contribution is -0.138. The molecule has 3 aromatic heterocycles. The fourth-order valence-electron chi connectivity index (χ4n) is 1.59. The number of amides is 1. The zero-order chi connectivity index (χ0) is 16.6. The molecule has 7 nitrogen and oxygen atoms in total. The summed E-state index contributed by atoms with van der Waals surface area (Å²) in [5.41, 5.74) is 0.824. The van der Waals surface area contributed by atoms with Crippen LogP contribution in [-0.4, -0.2) is 30.9 Å². The third-order valence-corrected chi connectivity index (χ3v) is 4.35. The average Bonchev–Trinajstić information content (AvgIpc) is 3.15. The van der Waals surface area contributed by atoms with Gasteiger partial charge < -0.3 is 0 Å². The summed E-state index contributed by atoms with van der Waals surface area (Å²) in [5, 5.41) is 13.3. The van der Waals surface area contributed by atoms with E-state index < -0.39 is 17.1 Å². The van der Waals surface area contributed by atoms with Crippen molar-refractivity contribution in [3.8, 4) is 10.6 Å². The van der Waals surface area contributed by atoms with E-state index >= 15 is 0 Å². The van der Waals surface area contributed by atoms with E-state index in [0.717, 1.165) is 5.56 Å². The van der Waals surface area contributed by atoms with Crippen LogP contribution < -0.4 is 5.32 Å². The van der Waals surface area contributed by atoms with Crippen molar-refractivity contribution in [3.63, 3.8) is 0 Å². The van der Waals surface area contributed by atoms with Crippen LogP contribution in [0.1, 0.15) is 15.5 Å². The molecule has 0 unspecified atom stereocenters. The SMILES string of the molecule is Cn1cc(-c2nc(C(=O)Nc3nnc(C(F)(F)F)s3)cs2)cn1. The van der Waals surface area contributed by atoms with Crippen molar-refractivity contribution in [1.29, 1.82) is 0 Å². The second kappa shape index (κ2) is 5.70. The molecule has 0 saturated carbocycles. The predicted octanol–water partition coefficient (Wildman–Crippen LogP) is 2.67. The van der Waals surface area contributed by atoms with E-state index in [-0.39, 0.29) is 22.2 Å². The first-order chi connectivity index (χ1) is 10.8. The maximum absolute atomic E-state index is 12.4. The highest BCUT2D eigenvalue weighted by Gasteiger charge is 2.35. The smallest absolute Gasteiger partial charge is 0.295 e. The molecular weight excluding hydrogens is 353 g/mol. The molecule has 12 heteroatoms. The van der Waals surface area contributed by atoms with Gasteiger partial charge in [0, 0.05) is 24.2 Å². The number of halogens is 3. The molecule has 3 heterocycles. The van der Waals surface area contributed by atoms with Gasteiger partial charge in [-0.1, -0.05) is 11.3 Å². The fourth-order valence-corrected chi connectivity index (χ4v) is 2.97. The number of nitrogens with zero attached hydrogens (tertiary/aromatic N) is 5. The van der Waals surface area contributed by atoms with Crippen LogP contribution in [0.25, 0.3) is 10.6 Å². The molecule has 0 radical (unpaired) electrons. The number of hydrogen-bond donors (Lipinski definition) is 1. The van der Waals surface area contributed by atoms with Crippen LogP contribution in [0, 0.1) is 0 Å². The molecule has 0 aliphatic heterocycles. The van der Waals surface area contributed by atoms with Crippen LogP contribution in [0.3, 0.4) is 0 Å². The molecule has 0 aromatic carbocycles. The van der Waals surface area contributed by atoms with Crippen LogP contribution in [-0.2, 0) is 13.2 Å². The van der Waals surface area contributed by atoms with Gasteiger partial charge >= 0.3 is 6.18 Å². The van der Waals surface area contributed by atoms with Gasteiger partial charge in [-0.3, -0.25) is 14.8 Å². The first-order valence-electron chi connectivity index (χ1n) is 5.99.